The quantitative estimate of drug-likeness (QED) is 0.420. The van der Waals surface area contributed by atoms with Gasteiger partial charge in [-0.05, 0) is 30.7 Å². The molecule has 32 heavy (non-hydrogen) atoms. The third-order valence-electron chi connectivity index (χ3n) is 6.27. The maximum atomic E-state index is 10.3. The number of benzene rings is 1. The molecule has 5 heterocycles. The average molecular weight is 468 g/mol. The number of hydrogen-bond acceptors (Lipinski definition) is 7. The van der Waals surface area contributed by atoms with Gasteiger partial charge in [0.25, 0.3) is 0 Å². The molecular formula is C24H22ClN3O3S. The molecule has 2 atom stereocenters. The predicted molar refractivity (Wildman–Crippen MR) is 124 cm³/mol. The second kappa shape index (κ2) is 7.85. The maximum absolute atomic E-state index is 10.3. The Morgan fingerprint density at radius 3 is 3.09 bits per heavy atom. The number of aromatic nitrogens is 2. The van der Waals surface area contributed by atoms with Crippen molar-refractivity contribution < 1.29 is 14.4 Å². The molecule has 2 aliphatic rings. The van der Waals surface area contributed by atoms with Crippen LogP contribution >= 0.6 is 22.9 Å². The van der Waals surface area contributed by atoms with Gasteiger partial charge in [-0.15, -0.1) is 11.3 Å². The summed E-state index contributed by atoms with van der Waals surface area (Å²) in [6.45, 7) is 3.64. The van der Waals surface area contributed by atoms with Gasteiger partial charge in [0.1, 0.15) is 5.75 Å². The van der Waals surface area contributed by atoms with Crippen molar-refractivity contribution >= 4 is 33.2 Å². The molecule has 0 saturated heterocycles. The molecule has 164 valence electrons. The van der Waals surface area contributed by atoms with Gasteiger partial charge in [-0.25, -0.2) is 0 Å². The lowest BCUT2D eigenvalue weighted by atomic mass is 9.99. The molecule has 6 nitrogen and oxygen atoms in total. The zero-order valence-corrected chi connectivity index (χ0v) is 19.1. The van der Waals surface area contributed by atoms with Crippen LogP contribution in [0.5, 0.6) is 5.75 Å². The molecule has 0 fully saturated rings. The minimum absolute atomic E-state index is 0.225. The molecule has 0 spiro atoms. The van der Waals surface area contributed by atoms with E-state index in [0.717, 1.165) is 74.1 Å². The monoisotopic (exact) mass is 467 g/mol. The van der Waals surface area contributed by atoms with Crippen LogP contribution in [-0.2, 0) is 19.4 Å². The fraction of sp³-hybridized carbons (Fsp3) is 0.333. The van der Waals surface area contributed by atoms with Crippen molar-refractivity contribution in [2.45, 2.75) is 44.9 Å². The number of thiophene rings is 1. The molecule has 2 aliphatic heterocycles. The molecule has 2 N–H and O–H groups in total. The van der Waals surface area contributed by atoms with E-state index in [1.165, 1.54) is 0 Å². The summed E-state index contributed by atoms with van der Waals surface area (Å²) in [5.74, 6) is 1.63. The molecule has 6 rings (SSSR count). The zero-order valence-electron chi connectivity index (χ0n) is 17.5. The normalized spacial score (nSPS) is 18.4. The number of fused-ring (bicyclic) bond motifs is 3. The number of aliphatic hydroxyl groups is 1. The van der Waals surface area contributed by atoms with E-state index in [1.807, 2.05) is 31.2 Å². The molecule has 8 heteroatoms. The molecule has 4 aromatic rings. The smallest absolute Gasteiger partial charge is 0.182 e. The molecular weight excluding hydrogens is 446 g/mol. The number of hydrogen-bond donors (Lipinski definition) is 2. The maximum Gasteiger partial charge on any atom is 0.182 e. The first kappa shape index (κ1) is 20.2. The first-order valence-electron chi connectivity index (χ1n) is 10.9. The summed E-state index contributed by atoms with van der Waals surface area (Å²) in [4.78, 5) is 5.44. The Bertz CT molecular complexity index is 1330. The van der Waals surface area contributed by atoms with Gasteiger partial charge < -0.3 is 19.7 Å². The van der Waals surface area contributed by atoms with Crippen LogP contribution in [0.25, 0.3) is 21.3 Å². The molecule has 0 amide bonds. The third kappa shape index (κ3) is 3.23. The fourth-order valence-electron chi connectivity index (χ4n) is 4.62. The third-order valence-corrected chi connectivity index (χ3v) is 7.74. The van der Waals surface area contributed by atoms with Gasteiger partial charge in [-0.1, -0.05) is 23.7 Å². The molecule has 0 radical (unpaired) electrons. The summed E-state index contributed by atoms with van der Waals surface area (Å²) < 4.78 is 13.3. The van der Waals surface area contributed by atoms with Crippen LogP contribution in [0.3, 0.4) is 0 Å². The summed E-state index contributed by atoms with van der Waals surface area (Å²) in [6.07, 6.45) is 3.30. The highest BCUT2D eigenvalue weighted by Crippen LogP contribution is 2.48. The van der Waals surface area contributed by atoms with Crippen LogP contribution in [0.2, 0.25) is 5.02 Å². The number of ether oxygens (including phenoxy) is 1. The van der Waals surface area contributed by atoms with Crippen LogP contribution in [0, 0.1) is 0 Å². The van der Waals surface area contributed by atoms with Crippen molar-refractivity contribution in [3.63, 3.8) is 0 Å². The topological polar surface area (TPSA) is 80.4 Å². The largest absolute Gasteiger partial charge is 0.481 e. The molecule has 3 aromatic heterocycles. The highest BCUT2D eigenvalue weighted by atomic mass is 35.5. The lowest BCUT2D eigenvalue weighted by molar-refractivity contribution is 0.177. The van der Waals surface area contributed by atoms with Gasteiger partial charge in [0.05, 0.1) is 22.0 Å². The first-order valence-corrected chi connectivity index (χ1v) is 12.1. The number of nitrogens with zero attached hydrogens (tertiary/aromatic N) is 2. The standard InChI is InChI=1S/C24H22ClN3O3S/c1-2-19(29)21-10-18-24(32-21)14(3-6-27-18)15-9-13(25)7-12-8-20(30-22(12)15)23-16-11-26-5-4-17(16)28-31-23/h3,6-7,9-10,19-20,26,29H,2,4-5,8,11H2,1H3/t19-,20?/m0/s1. The minimum atomic E-state index is -0.487. The van der Waals surface area contributed by atoms with Gasteiger partial charge in [0, 0.05) is 64.3 Å². The Hall–Kier alpha value is -2.45. The van der Waals surface area contributed by atoms with E-state index in [1.54, 1.807) is 17.5 Å². The number of rotatable bonds is 4. The highest BCUT2D eigenvalue weighted by Gasteiger charge is 2.34. The van der Waals surface area contributed by atoms with Gasteiger partial charge in [0.2, 0.25) is 0 Å². The number of nitrogens with one attached hydrogen (secondary N) is 1. The van der Waals surface area contributed by atoms with Crippen molar-refractivity contribution in [1.82, 2.24) is 15.5 Å². The highest BCUT2D eigenvalue weighted by molar-refractivity contribution is 7.19. The van der Waals surface area contributed by atoms with E-state index in [9.17, 15) is 5.11 Å². The summed E-state index contributed by atoms with van der Waals surface area (Å²) in [6, 6.07) is 7.88. The van der Waals surface area contributed by atoms with Crippen molar-refractivity contribution in [3.8, 4) is 16.9 Å². The van der Waals surface area contributed by atoms with E-state index >= 15 is 0 Å². The molecule has 1 aromatic carbocycles. The second-order valence-electron chi connectivity index (χ2n) is 8.30. The minimum Gasteiger partial charge on any atom is -0.481 e. The second-order valence-corrected chi connectivity index (χ2v) is 9.82. The summed E-state index contributed by atoms with van der Waals surface area (Å²) in [5, 5.41) is 18.7. The van der Waals surface area contributed by atoms with Crippen molar-refractivity contribution in [1.29, 1.82) is 0 Å². The van der Waals surface area contributed by atoms with Crippen molar-refractivity contribution in [2.75, 3.05) is 6.54 Å². The Kier molecular flexibility index (Phi) is 4.95. The summed E-state index contributed by atoms with van der Waals surface area (Å²) in [5.41, 5.74) is 6.01. The molecule has 1 unspecified atom stereocenters. The fourth-order valence-corrected chi connectivity index (χ4v) is 6.07. The van der Waals surface area contributed by atoms with Gasteiger partial charge >= 0.3 is 0 Å². The summed E-state index contributed by atoms with van der Waals surface area (Å²) in [7, 11) is 0. The zero-order chi connectivity index (χ0) is 21.8. The Morgan fingerprint density at radius 1 is 1.31 bits per heavy atom. The van der Waals surface area contributed by atoms with Crippen molar-refractivity contribution in [2.24, 2.45) is 0 Å². The Labute approximate surface area is 194 Å². The van der Waals surface area contributed by atoms with Crippen LogP contribution in [0.15, 0.2) is 35.0 Å². The number of aliphatic hydroxyl groups excluding tert-OH is 1. The molecule has 0 saturated carbocycles. The molecule has 0 bridgehead atoms. The first-order chi connectivity index (χ1) is 15.6. The van der Waals surface area contributed by atoms with E-state index < -0.39 is 6.10 Å². The summed E-state index contributed by atoms with van der Waals surface area (Å²) >= 11 is 8.11. The average Bonchev–Trinajstić information content (AvgIpc) is 3.53. The van der Waals surface area contributed by atoms with Crippen LogP contribution in [0.1, 0.15) is 53.0 Å². The lowest BCUT2D eigenvalue weighted by Gasteiger charge is -2.15. The van der Waals surface area contributed by atoms with Gasteiger partial charge in [-0.2, -0.15) is 0 Å². The lowest BCUT2D eigenvalue weighted by Crippen LogP contribution is -2.24. The predicted octanol–water partition coefficient (Wildman–Crippen LogP) is 5.37. The van der Waals surface area contributed by atoms with Crippen LogP contribution in [-0.4, -0.2) is 21.8 Å². The van der Waals surface area contributed by atoms with Crippen LogP contribution < -0.4 is 10.1 Å². The van der Waals surface area contributed by atoms with E-state index in [-0.39, 0.29) is 6.10 Å². The van der Waals surface area contributed by atoms with Crippen LogP contribution in [0.4, 0.5) is 0 Å². The van der Waals surface area contributed by atoms with E-state index in [0.29, 0.717) is 17.9 Å². The van der Waals surface area contributed by atoms with E-state index in [4.69, 9.17) is 20.9 Å². The Balaban J connectivity index is 1.44. The number of pyridine rings is 1. The SMILES string of the molecule is CC[C@H](O)c1cc2nccc(-c3cc(Cl)cc4c3OC(c3onc5c3CNCC5)C4)c2s1. The molecule has 0 aliphatic carbocycles. The number of halogens is 1. The van der Waals surface area contributed by atoms with Gasteiger partial charge in [0.15, 0.2) is 11.9 Å². The van der Waals surface area contributed by atoms with Crippen molar-refractivity contribution in [3.05, 3.63) is 62.9 Å². The van der Waals surface area contributed by atoms with E-state index in [2.05, 4.69) is 15.5 Å². The van der Waals surface area contributed by atoms with Gasteiger partial charge in [-0.3, -0.25) is 4.98 Å². The Morgan fingerprint density at radius 2 is 2.22 bits per heavy atom.